The van der Waals surface area contributed by atoms with Gasteiger partial charge >= 0.3 is 6.09 Å². The smallest absolute Gasteiger partial charge is 0.310 e. The van der Waals surface area contributed by atoms with E-state index >= 15 is 0 Å². The van der Waals surface area contributed by atoms with Gasteiger partial charge in [-0.15, -0.1) is 0 Å². The third-order valence-corrected chi connectivity index (χ3v) is 0.694. The number of alkyl halides is 2. The van der Waals surface area contributed by atoms with Crippen molar-refractivity contribution in [3.63, 3.8) is 0 Å². The van der Waals surface area contributed by atoms with Crippen LogP contribution in [-0.4, -0.2) is 25.5 Å². The number of halogens is 2. The SMILES string of the molecule is [O]C(=O)NC(CF)CF. The van der Waals surface area contributed by atoms with Gasteiger partial charge in [0.1, 0.15) is 13.3 Å². The molecule has 9 heavy (non-hydrogen) atoms. The fraction of sp³-hybridized carbons (Fsp3) is 0.750. The van der Waals surface area contributed by atoms with Crippen LogP contribution in [0.4, 0.5) is 13.6 Å². The van der Waals surface area contributed by atoms with Gasteiger partial charge in [-0.3, -0.25) is 0 Å². The van der Waals surface area contributed by atoms with E-state index in [1.54, 1.807) is 0 Å². The molecule has 0 aromatic rings. The van der Waals surface area contributed by atoms with E-state index in [-0.39, 0.29) is 0 Å². The summed E-state index contributed by atoms with van der Waals surface area (Å²) < 4.78 is 22.8. The molecule has 5 heteroatoms. The van der Waals surface area contributed by atoms with Gasteiger partial charge in [0.2, 0.25) is 0 Å². The summed E-state index contributed by atoms with van der Waals surface area (Å²) in [4.78, 5) is 9.57. The number of nitrogens with one attached hydrogen (secondary N) is 1. The summed E-state index contributed by atoms with van der Waals surface area (Å²) in [5.74, 6) is 0. The normalized spacial score (nSPS) is 9.67. The van der Waals surface area contributed by atoms with Crippen molar-refractivity contribution >= 4 is 6.09 Å². The first-order valence-corrected chi connectivity index (χ1v) is 2.30. The van der Waals surface area contributed by atoms with E-state index < -0.39 is 25.5 Å². The monoisotopic (exact) mass is 138 g/mol. The molecule has 0 aliphatic rings. The maximum absolute atomic E-state index is 11.4. The van der Waals surface area contributed by atoms with E-state index in [1.165, 1.54) is 5.32 Å². The summed E-state index contributed by atoms with van der Waals surface area (Å²) in [5.41, 5.74) is 0. The van der Waals surface area contributed by atoms with Crippen LogP contribution in [0.2, 0.25) is 0 Å². The van der Waals surface area contributed by atoms with Crippen molar-refractivity contribution in [1.29, 1.82) is 0 Å². The summed E-state index contributed by atoms with van der Waals surface area (Å²) in [7, 11) is 0. The number of amides is 1. The third-order valence-electron chi connectivity index (χ3n) is 0.694. The van der Waals surface area contributed by atoms with Crippen molar-refractivity contribution in [3.8, 4) is 0 Å². The second-order valence-corrected chi connectivity index (χ2v) is 1.44. The Morgan fingerprint density at radius 3 is 2.00 bits per heavy atom. The molecule has 3 nitrogen and oxygen atoms in total. The zero-order valence-corrected chi connectivity index (χ0v) is 4.56. The molecule has 1 N–H and O–H groups in total. The summed E-state index contributed by atoms with van der Waals surface area (Å²) in [6.45, 7) is -2.10. The van der Waals surface area contributed by atoms with Gasteiger partial charge in [0.05, 0.1) is 6.04 Å². The van der Waals surface area contributed by atoms with Crippen LogP contribution < -0.4 is 5.32 Å². The summed E-state index contributed by atoms with van der Waals surface area (Å²) in [6, 6.07) is -1.27. The van der Waals surface area contributed by atoms with Gasteiger partial charge in [0.25, 0.3) is 0 Å². The number of rotatable bonds is 3. The van der Waals surface area contributed by atoms with Crippen LogP contribution in [0.25, 0.3) is 0 Å². The highest BCUT2D eigenvalue weighted by Gasteiger charge is 2.10. The predicted octanol–water partition coefficient (Wildman–Crippen LogP) is 0.434. The Hall–Kier alpha value is -0.870. The van der Waals surface area contributed by atoms with Gasteiger partial charge in [-0.25, -0.2) is 18.7 Å². The average molecular weight is 138 g/mol. The maximum Gasteiger partial charge on any atom is 0.450 e. The van der Waals surface area contributed by atoms with Gasteiger partial charge in [0, 0.05) is 0 Å². The second kappa shape index (κ2) is 4.05. The minimum Gasteiger partial charge on any atom is -0.310 e. The molecular weight excluding hydrogens is 132 g/mol. The minimum absolute atomic E-state index is 1.05. The molecule has 0 rings (SSSR count). The number of hydrogen-bond acceptors (Lipinski definition) is 1. The predicted molar refractivity (Wildman–Crippen MR) is 25.0 cm³/mol. The first-order chi connectivity index (χ1) is 4.20. The molecule has 1 radical (unpaired) electrons. The Bertz CT molecular complexity index is 94.6. The molecule has 0 aliphatic carbocycles. The van der Waals surface area contributed by atoms with Crippen LogP contribution in [0.1, 0.15) is 0 Å². The van der Waals surface area contributed by atoms with E-state index in [2.05, 4.69) is 0 Å². The lowest BCUT2D eigenvalue weighted by molar-refractivity contribution is 0.158. The molecule has 0 saturated heterocycles. The molecule has 0 aromatic heterocycles. The molecule has 0 aromatic carbocycles. The fourth-order valence-corrected chi connectivity index (χ4v) is 0.285. The topological polar surface area (TPSA) is 49.0 Å². The van der Waals surface area contributed by atoms with Crippen LogP contribution >= 0.6 is 0 Å². The standard InChI is InChI=1S/C4H6F2NO2/c5-1-3(2-6)7-4(8)9/h3,7H,1-2H2. The Kier molecular flexibility index (Phi) is 3.66. The molecule has 0 fully saturated rings. The number of carbonyl (C=O) groups excluding carboxylic acids is 1. The lowest BCUT2D eigenvalue weighted by Crippen LogP contribution is -2.36. The third kappa shape index (κ3) is 3.69. The van der Waals surface area contributed by atoms with Crippen molar-refractivity contribution in [1.82, 2.24) is 5.32 Å². The summed E-state index contributed by atoms with van der Waals surface area (Å²) >= 11 is 0. The average Bonchev–Trinajstić information content (AvgIpc) is 1.82. The van der Waals surface area contributed by atoms with Crippen molar-refractivity contribution < 1.29 is 18.7 Å². The van der Waals surface area contributed by atoms with Gasteiger partial charge in [-0.2, -0.15) is 0 Å². The highest BCUT2D eigenvalue weighted by atomic mass is 19.1. The van der Waals surface area contributed by atoms with Gasteiger partial charge < -0.3 is 5.32 Å². The molecule has 0 spiro atoms. The minimum atomic E-state index is -1.66. The van der Waals surface area contributed by atoms with Crippen LogP contribution in [0.3, 0.4) is 0 Å². The van der Waals surface area contributed by atoms with E-state index in [1.807, 2.05) is 0 Å². The van der Waals surface area contributed by atoms with E-state index in [4.69, 9.17) is 0 Å². The summed E-state index contributed by atoms with van der Waals surface area (Å²) in [5, 5.41) is 11.1. The molecular formula is C4H6F2NO2. The van der Waals surface area contributed by atoms with Crippen LogP contribution in [0, 0.1) is 0 Å². The number of carbonyl (C=O) groups is 1. The van der Waals surface area contributed by atoms with E-state index in [9.17, 15) is 18.7 Å². The zero-order valence-electron chi connectivity index (χ0n) is 4.56. The van der Waals surface area contributed by atoms with Crippen molar-refractivity contribution in [2.75, 3.05) is 13.3 Å². The molecule has 0 aliphatic heterocycles. The first kappa shape index (κ1) is 8.13. The highest BCUT2D eigenvalue weighted by Crippen LogP contribution is 1.85. The molecule has 53 valence electrons. The Morgan fingerprint density at radius 2 is 1.89 bits per heavy atom. The second-order valence-electron chi connectivity index (χ2n) is 1.44. The molecule has 0 unspecified atom stereocenters. The van der Waals surface area contributed by atoms with Crippen molar-refractivity contribution in [2.24, 2.45) is 0 Å². The molecule has 0 saturated carbocycles. The first-order valence-electron chi connectivity index (χ1n) is 2.30. The quantitative estimate of drug-likeness (QED) is 0.604. The van der Waals surface area contributed by atoms with E-state index in [0.29, 0.717) is 0 Å². The summed E-state index contributed by atoms with van der Waals surface area (Å²) in [6.07, 6.45) is -1.66. The Morgan fingerprint density at radius 1 is 1.44 bits per heavy atom. The van der Waals surface area contributed by atoms with Crippen LogP contribution in [0.5, 0.6) is 0 Å². The maximum atomic E-state index is 11.4. The lowest BCUT2D eigenvalue weighted by atomic mass is 10.4. The van der Waals surface area contributed by atoms with Crippen molar-refractivity contribution in [3.05, 3.63) is 0 Å². The largest absolute Gasteiger partial charge is 0.450 e. The van der Waals surface area contributed by atoms with Crippen LogP contribution in [-0.2, 0) is 5.11 Å². The Labute approximate surface area is 50.7 Å². The zero-order chi connectivity index (χ0) is 7.28. The molecule has 0 atom stereocenters. The van der Waals surface area contributed by atoms with Crippen molar-refractivity contribution in [2.45, 2.75) is 6.04 Å². The lowest BCUT2D eigenvalue weighted by Gasteiger charge is -2.04. The Balaban J connectivity index is 3.43. The van der Waals surface area contributed by atoms with Gasteiger partial charge in [0.15, 0.2) is 0 Å². The molecule has 1 amide bonds. The van der Waals surface area contributed by atoms with Gasteiger partial charge in [-0.1, -0.05) is 0 Å². The highest BCUT2D eigenvalue weighted by molar-refractivity contribution is 5.64. The number of hydrogen-bond donors (Lipinski definition) is 1. The molecule has 0 bridgehead atoms. The van der Waals surface area contributed by atoms with Gasteiger partial charge in [-0.05, 0) is 0 Å². The van der Waals surface area contributed by atoms with E-state index in [0.717, 1.165) is 0 Å². The fourth-order valence-electron chi connectivity index (χ4n) is 0.285. The van der Waals surface area contributed by atoms with Crippen LogP contribution in [0.15, 0.2) is 0 Å². The molecule has 0 heterocycles.